The SMILES string of the molecule is CC1CC1CN(C)c1cc(C(=O)NNC(=O)[C@@](C)(Cc2ccccc2)NC(=O)OC(C)(C)C)cc(N(C)S(C)(=O)=O)n1. The second-order valence-corrected chi connectivity index (χ2v) is 14.2. The van der Waals surface area contributed by atoms with Crippen LogP contribution in [0.3, 0.4) is 0 Å². The van der Waals surface area contributed by atoms with Gasteiger partial charge < -0.3 is 15.0 Å². The molecule has 230 valence electrons. The van der Waals surface area contributed by atoms with Gasteiger partial charge in [0, 0.05) is 32.6 Å². The molecule has 1 saturated carbocycles. The number of nitrogens with zero attached hydrogens (tertiary/aromatic N) is 3. The summed E-state index contributed by atoms with van der Waals surface area (Å²) in [7, 11) is -0.477. The highest BCUT2D eigenvalue weighted by molar-refractivity contribution is 7.92. The van der Waals surface area contributed by atoms with Gasteiger partial charge in [-0.3, -0.25) is 24.7 Å². The van der Waals surface area contributed by atoms with Crippen molar-refractivity contribution in [2.24, 2.45) is 11.8 Å². The number of ether oxygens (including phenoxy) is 1. The zero-order chi connectivity index (χ0) is 31.5. The minimum atomic E-state index is -3.66. The predicted molar refractivity (Wildman–Crippen MR) is 162 cm³/mol. The summed E-state index contributed by atoms with van der Waals surface area (Å²) in [6, 6.07) is 12.0. The molecule has 0 aliphatic heterocycles. The van der Waals surface area contributed by atoms with Crippen molar-refractivity contribution in [3.63, 3.8) is 0 Å². The van der Waals surface area contributed by atoms with E-state index in [1.807, 2.05) is 42.3 Å². The third-order valence-corrected chi connectivity index (χ3v) is 8.21. The molecule has 13 heteroatoms. The summed E-state index contributed by atoms with van der Waals surface area (Å²) in [5.41, 5.74) is 3.39. The molecular formula is C29H42N6O6S. The third kappa shape index (κ3) is 9.07. The molecule has 1 aromatic carbocycles. The summed E-state index contributed by atoms with van der Waals surface area (Å²) in [5, 5.41) is 2.64. The number of benzene rings is 1. The van der Waals surface area contributed by atoms with Gasteiger partial charge in [-0.1, -0.05) is 37.3 Å². The number of alkyl carbamates (subject to hydrolysis) is 1. The van der Waals surface area contributed by atoms with Crippen molar-refractivity contribution in [1.29, 1.82) is 0 Å². The van der Waals surface area contributed by atoms with Gasteiger partial charge in [0.2, 0.25) is 10.0 Å². The van der Waals surface area contributed by atoms with Crippen LogP contribution in [0, 0.1) is 11.8 Å². The Morgan fingerprint density at radius 3 is 2.17 bits per heavy atom. The molecule has 3 atom stereocenters. The maximum Gasteiger partial charge on any atom is 0.408 e. The third-order valence-electron chi connectivity index (χ3n) is 7.02. The van der Waals surface area contributed by atoms with E-state index >= 15 is 0 Å². The summed E-state index contributed by atoms with van der Waals surface area (Å²) in [4.78, 5) is 45.7. The number of amides is 3. The van der Waals surface area contributed by atoms with Crippen LogP contribution in [0.15, 0.2) is 42.5 Å². The van der Waals surface area contributed by atoms with Gasteiger partial charge >= 0.3 is 6.09 Å². The molecule has 1 aliphatic carbocycles. The molecule has 2 unspecified atom stereocenters. The number of anilines is 2. The first kappa shape index (κ1) is 32.6. The summed E-state index contributed by atoms with van der Waals surface area (Å²) < 4.78 is 30.8. The zero-order valence-electron chi connectivity index (χ0n) is 25.5. The Morgan fingerprint density at radius 2 is 1.62 bits per heavy atom. The lowest BCUT2D eigenvalue weighted by Crippen LogP contribution is -2.61. The fourth-order valence-electron chi connectivity index (χ4n) is 4.30. The molecule has 1 fully saturated rings. The number of nitrogens with one attached hydrogen (secondary N) is 3. The fourth-order valence-corrected chi connectivity index (χ4v) is 4.73. The molecule has 1 heterocycles. The van der Waals surface area contributed by atoms with Gasteiger partial charge in [0.05, 0.1) is 6.26 Å². The van der Waals surface area contributed by atoms with Crippen molar-refractivity contribution >= 4 is 39.6 Å². The van der Waals surface area contributed by atoms with E-state index in [9.17, 15) is 22.8 Å². The molecule has 1 aromatic heterocycles. The lowest BCUT2D eigenvalue weighted by Gasteiger charge is -2.31. The van der Waals surface area contributed by atoms with Gasteiger partial charge in [-0.2, -0.15) is 0 Å². The number of hydrazine groups is 1. The van der Waals surface area contributed by atoms with Gasteiger partial charge in [0.25, 0.3) is 11.8 Å². The first-order valence-corrected chi connectivity index (χ1v) is 15.6. The second-order valence-electron chi connectivity index (χ2n) is 12.2. The van der Waals surface area contributed by atoms with Crippen LogP contribution in [-0.4, -0.2) is 69.3 Å². The molecule has 0 bridgehead atoms. The van der Waals surface area contributed by atoms with E-state index in [1.165, 1.54) is 26.1 Å². The van der Waals surface area contributed by atoms with Gasteiger partial charge in [0.15, 0.2) is 0 Å². The number of hydrogen-bond donors (Lipinski definition) is 3. The van der Waals surface area contributed by atoms with E-state index in [4.69, 9.17) is 4.74 Å². The van der Waals surface area contributed by atoms with Crippen molar-refractivity contribution in [2.75, 3.05) is 36.1 Å². The van der Waals surface area contributed by atoms with Crippen molar-refractivity contribution in [3.8, 4) is 0 Å². The van der Waals surface area contributed by atoms with E-state index in [-0.39, 0.29) is 17.8 Å². The van der Waals surface area contributed by atoms with Gasteiger partial charge in [-0.15, -0.1) is 0 Å². The molecule has 3 rings (SSSR count). The zero-order valence-corrected chi connectivity index (χ0v) is 26.3. The monoisotopic (exact) mass is 602 g/mol. The Kier molecular flexibility index (Phi) is 9.76. The molecule has 0 spiro atoms. The molecule has 2 aromatic rings. The molecule has 1 aliphatic rings. The quantitative estimate of drug-likeness (QED) is 0.352. The standard InChI is InChI=1S/C29H42N6O6S/c1-19-14-22(19)18-34(6)23-15-21(16-24(30-23)35(7)42(8,39)40)25(36)32-33-26(37)29(5,17-20-12-10-9-11-13-20)31-27(38)41-28(2,3)4/h9-13,15-16,19,22H,14,17-18H2,1-8H3,(H,31,38)(H,32,36)(H,33,37)/t19?,22?,29-/m1/s1. The number of hydrogen-bond acceptors (Lipinski definition) is 8. The Hall–Kier alpha value is -3.87. The summed E-state index contributed by atoms with van der Waals surface area (Å²) >= 11 is 0. The van der Waals surface area contributed by atoms with Crippen molar-refractivity contribution in [2.45, 2.75) is 58.6 Å². The lowest BCUT2D eigenvalue weighted by molar-refractivity contribution is -0.127. The fraction of sp³-hybridized carbons (Fsp3) is 0.517. The second kappa shape index (κ2) is 12.6. The molecule has 3 N–H and O–H groups in total. The Labute approximate surface area is 248 Å². The summed E-state index contributed by atoms with van der Waals surface area (Å²) in [5.74, 6) is 0.175. The van der Waals surface area contributed by atoms with Crippen molar-refractivity contribution in [3.05, 3.63) is 53.6 Å². The number of aromatic nitrogens is 1. The molecule has 0 radical (unpaired) electrons. The predicted octanol–water partition coefficient (Wildman–Crippen LogP) is 2.86. The van der Waals surface area contributed by atoms with Crippen LogP contribution < -0.4 is 25.4 Å². The summed E-state index contributed by atoms with van der Waals surface area (Å²) in [6.07, 6.45) is 1.46. The maximum atomic E-state index is 13.4. The molecule has 12 nitrogen and oxygen atoms in total. The lowest BCUT2D eigenvalue weighted by atomic mass is 9.92. The van der Waals surface area contributed by atoms with E-state index in [0.717, 1.165) is 22.5 Å². The Morgan fingerprint density at radius 1 is 1.02 bits per heavy atom. The first-order valence-electron chi connectivity index (χ1n) is 13.7. The van der Waals surface area contributed by atoms with E-state index < -0.39 is 39.1 Å². The van der Waals surface area contributed by atoms with Crippen LogP contribution in [0.1, 0.15) is 57.0 Å². The highest BCUT2D eigenvalue weighted by Crippen LogP contribution is 2.38. The van der Waals surface area contributed by atoms with Crippen LogP contribution in [0.2, 0.25) is 0 Å². The van der Waals surface area contributed by atoms with Crippen molar-refractivity contribution in [1.82, 2.24) is 21.2 Å². The highest BCUT2D eigenvalue weighted by atomic mass is 32.2. The molecular weight excluding hydrogens is 560 g/mol. The largest absolute Gasteiger partial charge is 0.444 e. The van der Waals surface area contributed by atoms with Gasteiger partial charge in [0.1, 0.15) is 22.8 Å². The average molecular weight is 603 g/mol. The minimum Gasteiger partial charge on any atom is -0.444 e. The van der Waals surface area contributed by atoms with Crippen LogP contribution >= 0.6 is 0 Å². The smallest absolute Gasteiger partial charge is 0.408 e. The normalized spacial score (nSPS) is 17.8. The first-order chi connectivity index (χ1) is 19.4. The van der Waals surface area contributed by atoms with Crippen LogP contribution in [-0.2, 0) is 26.0 Å². The highest BCUT2D eigenvalue weighted by Gasteiger charge is 2.37. The average Bonchev–Trinajstić information content (AvgIpc) is 3.58. The Balaban J connectivity index is 1.83. The van der Waals surface area contributed by atoms with E-state index in [0.29, 0.717) is 24.2 Å². The molecule has 42 heavy (non-hydrogen) atoms. The number of carbonyl (C=O) groups excluding carboxylic acids is 3. The van der Waals surface area contributed by atoms with Crippen LogP contribution in [0.5, 0.6) is 0 Å². The van der Waals surface area contributed by atoms with Crippen molar-refractivity contribution < 1.29 is 27.5 Å². The van der Waals surface area contributed by atoms with Gasteiger partial charge in [-0.25, -0.2) is 18.2 Å². The topological polar surface area (TPSA) is 150 Å². The maximum absolute atomic E-state index is 13.4. The Bertz CT molecular complexity index is 1410. The van der Waals surface area contributed by atoms with Crippen LogP contribution in [0.4, 0.5) is 16.4 Å². The number of sulfonamides is 1. The molecule has 3 amide bonds. The number of rotatable bonds is 10. The summed E-state index contributed by atoms with van der Waals surface area (Å²) in [6.45, 7) is 9.52. The number of pyridine rings is 1. The van der Waals surface area contributed by atoms with E-state index in [2.05, 4.69) is 28.1 Å². The van der Waals surface area contributed by atoms with E-state index in [1.54, 1.807) is 20.8 Å². The van der Waals surface area contributed by atoms with Crippen LogP contribution in [0.25, 0.3) is 0 Å². The minimum absolute atomic E-state index is 0.0580. The molecule has 0 saturated heterocycles. The van der Waals surface area contributed by atoms with Gasteiger partial charge in [-0.05, 0) is 63.6 Å². The number of carbonyl (C=O) groups is 3.